The summed E-state index contributed by atoms with van der Waals surface area (Å²) in [6.07, 6.45) is 7.02. The van der Waals surface area contributed by atoms with Crippen molar-refractivity contribution in [3.8, 4) is 0 Å². The van der Waals surface area contributed by atoms with Crippen LogP contribution >= 0.6 is 0 Å². The number of hydrogen-bond acceptors (Lipinski definition) is 2. The summed E-state index contributed by atoms with van der Waals surface area (Å²) in [5, 5.41) is -0.0651. The predicted molar refractivity (Wildman–Crippen MR) is 61.2 cm³/mol. The van der Waals surface area contributed by atoms with Gasteiger partial charge >= 0.3 is 0 Å². The summed E-state index contributed by atoms with van der Waals surface area (Å²) in [4.78, 5) is 0. The first-order valence-corrected chi connectivity index (χ1v) is 7.67. The Balaban J connectivity index is 2.13. The van der Waals surface area contributed by atoms with Crippen LogP contribution in [0.3, 0.4) is 0 Å². The molecule has 88 valence electrons. The molecule has 0 aromatic rings. The molecule has 2 rings (SSSR count). The third-order valence-electron chi connectivity index (χ3n) is 3.84. The maximum atomic E-state index is 12.3. The molecule has 1 heterocycles. The Morgan fingerprint density at radius 1 is 1.13 bits per heavy atom. The first-order chi connectivity index (χ1) is 7.16. The maximum Gasteiger partial charge on any atom is 0.217 e. The lowest BCUT2D eigenvalue weighted by atomic mass is 10.2. The summed E-state index contributed by atoms with van der Waals surface area (Å²) in [6.45, 7) is 2.85. The summed E-state index contributed by atoms with van der Waals surface area (Å²) in [6, 6.07) is 0.288. The van der Waals surface area contributed by atoms with E-state index in [0.717, 1.165) is 51.5 Å². The molecule has 0 aromatic heterocycles. The molecular weight excluding hydrogens is 210 g/mol. The zero-order valence-electron chi connectivity index (χ0n) is 9.48. The van der Waals surface area contributed by atoms with Crippen LogP contribution in [0.15, 0.2) is 0 Å². The first kappa shape index (κ1) is 11.4. The van der Waals surface area contributed by atoms with Gasteiger partial charge in [0.15, 0.2) is 0 Å². The number of nitrogens with zero attached hydrogens (tertiary/aromatic N) is 1. The maximum absolute atomic E-state index is 12.3. The predicted octanol–water partition coefficient (Wildman–Crippen LogP) is 2.13. The van der Waals surface area contributed by atoms with Gasteiger partial charge in [0.05, 0.1) is 5.25 Å². The molecule has 1 unspecified atom stereocenters. The standard InChI is InChI=1S/C11H21NO2S/c1-2-10-6-5-9-12(10)15(13,14)11-7-3-4-8-11/h10-11H,2-9H2,1H3. The van der Waals surface area contributed by atoms with Crippen molar-refractivity contribution in [2.45, 2.75) is 63.2 Å². The Labute approximate surface area is 92.9 Å². The monoisotopic (exact) mass is 231 g/mol. The third kappa shape index (κ3) is 2.07. The molecule has 0 amide bonds. The van der Waals surface area contributed by atoms with Gasteiger partial charge in [-0.05, 0) is 32.1 Å². The zero-order valence-corrected chi connectivity index (χ0v) is 10.3. The topological polar surface area (TPSA) is 37.4 Å². The van der Waals surface area contributed by atoms with E-state index in [2.05, 4.69) is 6.92 Å². The molecule has 1 aliphatic carbocycles. The minimum absolute atomic E-state index is 0.0651. The highest BCUT2D eigenvalue weighted by Gasteiger charge is 2.39. The Morgan fingerprint density at radius 3 is 2.40 bits per heavy atom. The average molecular weight is 231 g/mol. The molecule has 15 heavy (non-hydrogen) atoms. The van der Waals surface area contributed by atoms with Crippen LogP contribution in [0.5, 0.6) is 0 Å². The van der Waals surface area contributed by atoms with Crippen LogP contribution in [0.2, 0.25) is 0 Å². The fourth-order valence-electron chi connectivity index (χ4n) is 2.93. The van der Waals surface area contributed by atoms with Crippen LogP contribution in [-0.4, -0.2) is 30.6 Å². The van der Waals surface area contributed by atoms with Gasteiger partial charge in [-0.15, -0.1) is 0 Å². The van der Waals surface area contributed by atoms with Crippen molar-refractivity contribution in [3.63, 3.8) is 0 Å². The smallest absolute Gasteiger partial charge is 0.212 e. The normalized spacial score (nSPS) is 30.1. The molecule has 1 saturated heterocycles. The van der Waals surface area contributed by atoms with E-state index in [-0.39, 0.29) is 11.3 Å². The van der Waals surface area contributed by atoms with Gasteiger partial charge in [-0.25, -0.2) is 8.42 Å². The molecule has 0 radical (unpaired) electrons. The van der Waals surface area contributed by atoms with Crippen LogP contribution in [0, 0.1) is 0 Å². The Hall–Kier alpha value is -0.0900. The van der Waals surface area contributed by atoms with Crippen LogP contribution in [0.25, 0.3) is 0 Å². The molecule has 0 N–H and O–H groups in total. The second-order valence-corrected chi connectivity index (χ2v) is 6.93. The van der Waals surface area contributed by atoms with Crippen LogP contribution in [0.4, 0.5) is 0 Å². The fraction of sp³-hybridized carbons (Fsp3) is 1.00. The first-order valence-electron chi connectivity index (χ1n) is 6.17. The largest absolute Gasteiger partial charge is 0.217 e. The van der Waals surface area contributed by atoms with Crippen molar-refractivity contribution >= 4 is 10.0 Å². The zero-order chi connectivity index (χ0) is 10.9. The summed E-state index contributed by atoms with van der Waals surface area (Å²) >= 11 is 0. The van der Waals surface area contributed by atoms with Crippen molar-refractivity contribution in [2.24, 2.45) is 0 Å². The molecule has 0 spiro atoms. The van der Waals surface area contributed by atoms with Crippen molar-refractivity contribution in [2.75, 3.05) is 6.54 Å². The summed E-state index contributed by atoms with van der Waals surface area (Å²) < 4.78 is 26.5. The Morgan fingerprint density at radius 2 is 1.80 bits per heavy atom. The minimum atomic E-state index is -2.97. The molecule has 2 aliphatic rings. The van der Waals surface area contributed by atoms with E-state index in [0.29, 0.717) is 0 Å². The van der Waals surface area contributed by atoms with Gasteiger partial charge in [-0.3, -0.25) is 0 Å². The number of sulfonamides is 1. The van der Waals surface area contributed by atoms with E-state index in [1.807, 2.05) is 0 Å². The van der Waals surface area contributed by atoms with Gasteiger partial charge in [-0.1, -0.05) is 19.8 Å². The lowest BCUT2D eigenvalue weighted by Gasteiger charge is -2.26. The van der Waals surface area contributed by atoms with Gasteiger partial charge in [0, 0.05) is 12.6 Å². The van der Waals surface area contributed by atoms with E-state index >= 15 is 0 Å². The molecule has 0 aromatic carbocycles. The molecule has 1 atom stereocenters. The lowest BCUT2D eigenvalue weighted by molar-refractivity contribution is 0.373. The van der Waals surface area contributed by atoms with E-state index in [9.17, 15) is 8.42 Å². The Kier molecular flexibility index (Phi) is 3.36. The Bertz CT molecular complexity index is 307. The molecule has 1 aliphatic heterocycles. The highest BCUT2D eigenvalue weighted by Crippen LogP contribution is 2.32. The van der Waals surface area contributed by atoms with Gasteiger partial charge in [0.1, 0.15) is 0 Å². The van der Waals surface area contributed by atoms with Gasteiger partial charge in [0.2, 0.25) is 10.0 Å². The van der Waals surface area contributed by atoms with Crippen LogP contribution in [-0.2, 0) is 10.0 Å². The second-order valence-electron chi connectivity index (χ2n) is 4.77. The van der Waals surface area contributed by atoms with Gasteiger partial charge in [0.25, 0.3) is 0 Å². The highest BCUT2D eigenvalue weighted by molar-refractivity contribution is 7.89. The summed E-state index contributed by atoms with van der Waals surface area (Å²) in [5.41, 5.74) is 0. The van der Waals surface area contributed by atoms with Crippen LogP contribution in [0.1, 0.15) is 51.9 Å². The molecule has 3 nitrogen and oxygen atoms in total. The number of hydrogen-bond donors (Lipinski definition) is 0. The van der Waals surface area contributed by atoms with E-state index in [4.69, 9.17) is 0 Å². The van der Waals surface area contributed by atoms with Gasteiger partial charge < -0.3 is 0 Å². The van der Waals surface area contributed by atoms with E-state index < -0.39 is 10.0 Å². The molecular formula is C11H21NO2S. The summed E-state index contributed by atoms with van der Waals surface area (Å²) in [7, 11) is -2.97. The van der Waals surface area contributed by atoms with Crippen molar-refractivity contribution in [1.29, 1.82) is 0 Å². The SMILES string of the molecule is CCC1CCCN1S(=O)(=O)C1CCCC1. The summed E-state index contributed by atoms with van der Waals surface area (Å²) in [5.74, 6) is 0. The van der Waals surface area contributed by atoms with E-state index in [1.54, 1.807) is 4.31 Å². The van der Waals surface area contributed by atoms with Crippen molar-refractivity contribution in [1.82, 2.24) is 4.31 Å². The van der Waals surface area contributed by atoms with Gasteiger partial charge in [-0.2, -0.15) is 4.31 Å². The molecule has 1 saturated carbocycles. The lowest BCUT2D eigenvalue weighted by Crippen LogP contribution is -2.40. The fourth-order valence-corrected chi connectivity index (χ4v) is 5.30. The van der Waals surface area contributed by atoms with E-state index in [1.165, 1.54) is 0 Å². The van der Waals surface area contributed by atoms with Crippen LogP contribution < -0.4 is 0 Å². The highest BCUT2D eigenvalue weighted by atomic mass is 32.2. The number of rotatable bonds is 3. The van der Waals surface area contributed by atoms with Crippen molar-refractivity contribution < 1.29 is 8.42 Å². The molecule has 0 bridgehead atoms. The minimum Gasteiger partial charge on any atom is -0.212 e. The average Bonchev–Trinajstić information content (AvgIpc) is 2.89. The van der Waals surface area contributed by atoms with Crippen molar-refractivity contribution in [3.05, 3.63) is 0 Å². The second kappa shape index (κ2) is 4.42. The molecule has 4 heteroatoms. The molecule has 2 fully saturated rings. The quantitative estimate of drug-likeness (QED) is 0.746. The third-order valence-corrected chi connectivity index (χ3v) is 6.29.